The molecule has 0 aliphatic carbocycles. The molecule has 3 aromatic heterocycles. The van der Waals surface area contributed by atoms with Crippen LogP contribution in [0.4, 0.5) is 17.6 Å². The van der Waals surface area contributed by atoms with E-state index < -0.39 is 11.6 Å². The highest BCUT2D eigenvalue weighted by atomic mass is 35.5. The van der Waals surface area contributed by atoms with Gasteiger partial charge in [-0.1, -0.05) is 36.5 Å². The molecule has 1 aromatic carbocycles. The predicted molar refractivity (Wildman–Crippen MR) is 126 cm³/mol. The average molecular weight is 485 g/mol. The van der Waals surface area contributed by atoms with Crippen LogP contribution in [-0.2, 0) is 0 Å². The van der Waals surface area contributed by atoms with E-state index in [2.05, 4.69) is 25.5 Å². The monoisotopic (exact) mass is 484 g/mol. The minimum atomic E-state index is -0.585. The molecule has 0 radical (unpaired) electrons. The standard InChI is InChI=1S/C20H18Cl2N10O/c1-2-3-13(28-17-10(6-23)16(24)30-20(25)31-17)18-29-15-12(22)5-4-11(21)14(15)19(33)32(18)9-7-26-27-8-9/h4-5,7-8,13H,2-3H2,1H3,(H,26,27)(H5,24,25,28,30,31)/t13-/m0/s1. The van der Waals surface area contributed by atoms with E-state index >= 15 is 0 Å². The van der Waals surface area contributed by atoms with Crippen molar-refractivity contribution in [3.8, 4) is 11.8 Å². The van der Waals surface area contributed by atoms with Crippen molar-refractivity contribution in [3.05, 3.63) is 56.3 Å². The Morgan fingerprint density at radius 1 is 1.24 bits per heavy atom. The molecule has 0 saturated heterocycles. The molecule has 1 atom stereocenters. The van der Waals surface area contributed by atoms with Crippen LogP contribution >= 0.6 is 23.2 Å². The quantitative estimate of drug-likeness (QED) is 0.319. The Balaban J connectivity index is 2.00. The Bertz CT molecular complexity index is 1440. The topological polar surface area (TPSA) is 177 Å². The molecule has 11 nitrogen and oxygen atoms in total. The summed E-state index contributed by atoms with van der Waals surface area (Å²) in [7, 11) is 0. The summed E-state index contributed by atoms with van der Waals surface area (Å²) in [6.07, 6.45) is 4.27. The molecule has 0 unspecified atom stereocenters. The zero-order valence-corrected chi connectivity index (χ0v) is 18.8. The summed E-state index contributed by atoms with van der Waals surface area (Å²) < 4.78 is 1.39. The lowest BCUT2D eigenvalue weighted by atomic mass is 10.1. The molecule has 4 aromatic rings. The Morgan fingerprint density at radius 3 is 2.67 bits per heavy atom. The lowest BCUT2D eigenvalue weighted by molar-refractivity contribution is 0.615. The molecule has 0 fully saturated rings. The molecule has 13 heteroatoms. The zero-order chi connectivity index (χ0) is 23.7. The molecule has 4 rings (SSSR count). The van der Waals surface area contributed by atoms with Gasteiger partial charge in [0.2, 0.25) is 5.95 Å². The Labute approximate surface area is 197 Å². The number of aromatic amines is 1. The number of H-pyrrole nitrogens is 1. The van der Waals surface area contributed by atoms with E-state index in [1.54, 1.807) is 18.3 Å². The van der Waals surface area contributed by atoms with E-state index in [1.165, 1.54) is 10.8 Å². The van der Waals surface area contributed by atoms with Crippen molar-refractivity contribution in [1.82, 2.24) is 29.7 Å². The van der Waals surface area contributed by atoms with Gasteiger partial charge in [0, 0.05) is 6.20 Å². The third-order valence-corrected chi connectivity index (χ3v) is 5.58. The third kappa shape index (κ3) is 4.02. The summed E-state index contributed by atoms with van der Waals surface area (Å²) in [6, 6.07) is 4.51. The second kappa shape index (κ2) is 8.93. The molecular formula is C20H18Cl2N10O. The van der Waals surface area contributed by atoms with Gasteiger partial charge in [0.1, 0.15) is 23.3 Å². The second-order valence-corrected chi connectivity index (χ2v) is 7.92. The smallest absolute Gasteiger partial charge is 0.267 e. The highest BCUT2D eigenvalue weighted by Gasteiger charge is 2.25. The maximum absolute atomic E-state index is 13.6. The maximum Gasteiger partial charge on any atom is 0.267 e. The number of nitrogen functional groups attached to an aromatic ring is 2. The predicted octanol–water partition coefficient (Wildman–Crippen LogP) is 3.19. The van der Waals surface area contributed by atoms with Gasteiger partial charge in [-0.2, -0.15) is 20.3 Å². The van der Waals surface area contributed by atoms with Gasteiger partial charge in [0.25, 0.3) is 5.56 Å². The van der Waals surface area contributed by atoms with Crippen molar-refractivity contribution in [3.63, 3.8) is 0 Å². The van der Waals surface area contributed by atoms with Crippen LogP contribution < -0.4 is 22.3 Å². The summed E-state index contributed by atoms with van der Waals surface area (Å²) in [5, 5.41) is 20.0. The number of hydrogen-bond donors (Lipinski definition) is 4. The summed E-state index contributed by atoms with van der Waals surface area (Å²) in [6.45, 7) is 1.97. The second-order valence-electron chi connectivity index (χ2n) is 7.11. The van der Waals surface area contributed by atoms with E-state index in [0.29, 0.717) is 24.4 Å². The van der Waals surface area contributed by atoms with Gasteiger partial charge in [0.15, 0.2) is 5.82 Å². The summed E-state index contributed by atoms with van der Waals surface area (Å²) in [5.74, 6) is 0.292. The van der Waals surface area contributed by atoms with Gasteiger partial charge >= 0.3 is 0 Å². The Kier molecular flexibility index (Phi) is 6.04. The van der Waals surface area contributed by atoms with Gasteiger partial charge in [0.05, 0.1) is 38.9 Å². The molecule has 0 amide bonds. The van der Waals surface area contributed by atoms with Crippen LogP contribution in [0.2, 0.25) is 10.0 Å². The first-order valence-corrected chi connectivity index (χ1v) is 10.6. The first-order valence-electron chi connectivity index (χ1n) is 9.85. The van der Waals surface area contributed by atoms with Gasteiger partial charge in [-0.3, -0.25) is 14.5 Å². The fourth-order valence-corrected chi connectivity index (χ4v) is 3.95. The fourth-order valence-electron chi connectivity index (χ4n) is 3.51. The molecule has 168 valence electrons. The van der Waals surface area contributed by atoms with Crippen LogP contribution in [0.25, 0.3) is 16.6 Å². The summed E-state index contributed by atoms with van der Waals surface area (Å²) in [4.78, 5) is 26.3. The molecule has 0 bridgehead atoms. The molecule has 0 saturated carbocycles. The van der Waals surface area contributed by atoms with Gasteiger partial charge in [-0.05, 0) is 18.6 Å². The highest BCUT2D eigenvalue weighted by molar-refractivity contribution is 6.39. The summed E-state index contributed by atoms with van der Waals surface area (Å²) in [5.41, 5.74) is 11.9. The Morgan fingerprint density at radius 2 is 2.00 bits per heavy atom. The van der Waals surface area contributed by atoms with Crippen molar-refractivity contribution < 1.29 is 0 Å². The minimum Gasteiger partial charge on any atom is -0.382 e. The number of anilines is 3. The first-order chi connectivity index (χ1) is 15.8. The molecule has 0 aliphatic heterocycles. The zero-order valence-electron chi connectivity index (χ0n) is 17.3. The van der Waals surface area contributed by atoms with Crippen LogP contribution in [0.5, 0.6) is 0 Å². The van der Waals surface area contributed by atoms with E-state index in [-0.39, 0.29) is 44.1 Å². The highest BCUT2D eigenvalue weighted by Crippen LogP contribution is 2.31. The third-order valence-electron chi connectivity index (χ3n) is 4.96. The van der Waals surface area contributed by atoms with E-state index in [4.69, 9.17) is 39.7 Å². The fraction of sp³-hybridized carbons (Fsp3) is 0.200. The van der Waals surface area contributed by atoms with Crippen LogP contribution in [0, 0.1) is 11.3 Å². The van der Waals surface area contributed by atoms with Crippen molar-refractivity contribution in [2.75, 3.05) is 16.8 Å². The van der Waals surface area contributed by atoms with Gasteiger partial charge < -0.3 is 16.8 Å². The van der Waals surface area contributed by atoms with Crippen LogP contribution in [0.15, 0.2) is 29.3 Å². The van der Waals surface area contributed by atoms with Crippen molar-refractivity contribution in [2.24, 2.45) is 0 Å². The van der Waals surface area contributed by atoms with Crippen LogP contribution in [-0.4, -0.2) is 29.7 Å². The number of hydrogen-bond acceptors (Lipinski definition) is 9. The number of nitriles is 1. The number of nitrogens with one attached hydrogen (secondary N) is 2. The molecule has 3 heterocycles. The van der Waals surface area contributed by atoms with Crippen molar-refractivity contribution in [1.29, 1.82) is 5.26 Å². The van der Waals surface area contributed by atoms with E-state index in [9.17, 15) is 10.1 Å². The van der Waals surface area contributed by atoms with Crippen molar-refractivity contribution in [2.45, 2.75) is 25.8 Å². The SMILES string of the molecule is CCC[C@H](Nc1nc(N)nc(N)c1C#N)c1nc2c(Cl)ccc(Cl)c2c(=O)n1-c1cn[nH]c1. The van der Waals surface area contributed by atoms with E-state index in [1.807, 2.05) is 13.0 Å². The van der Waals surface area contributed by atoms with Gasteiger partial charge in [-0.15, -0.1) is 0 Å². The number of fused-ring (bicyclic) bond motifs is 1. The largest absolute Gasteiger partial charge is 0.382 e. The normalized spacial score (nSPS) is 11.9. The number of benzene rings is 1. The maximum atomic E-state index is 13.6. The minimum absolute atomic E-state index is 0.0318. The molecule has 33 heavy (non-hydrogen) atoms. The molecular weight excluding hydrogens is 467 g/mol. The lowest BCUT2D eigenvalue weighted by Gasteiger charge is -2.23. The first kappa shape index (κ1) is 22.3. The average Bonchev–Trinajstić information content (AvgIpc) is 3.29. The number of nitrogens with zero attached hydrogens (tertiary/aromatic N) is 6. The molecule has 0 spiro atoms. The number of halogens is 2. The molecule has 6 N–H and O–H groups in total. The number of nitrogens with two attached hydrogens (primary N) is 2. The van der Waals surface area contributed by atoms with Crippen LogP contribution in [0.3, 0.4) is 0 Å². The molecule has 0 aliphatic rings. The van der Waals surface area contributed by atoms with Gasteiger partial charge in [-0.25, -0.2) is 4.98 Å². The lowest BCUT2D eigenvalue weighted by Crippen LogP contribution is -2.29. The Hall–Kier alpha value is -3.88. The van der Waals surface area contributed by atoms with Crippen LogP contribution in [0.1, 0.15) is 37.2 Å². The number of aromatic nitrogens is 6. The number of rotatable bonds is 6. The van der Waals surface area contributed by atoms with Crippen molar-refractivity contribution >= 4 is 51.7 Å². The van der Waals surface area contributed by atoms with E-state index in [0.717, 1.165) is 0 Å². The summed E-state index contributed by atoms with van der Waals surface area (Å²) >= 11 is 12.7.